The van der Waals surface area contributed by atoms with Gasteiger partial charge in [0.05, 0.1) is 5.75 Å². The number of benzene rings is 1. The molecular formula is C18H25NO3S. The van der Waals surface area contributed by atoms with Gasteiger partial charge in [-0.1, -0.05) is 37.5 Å². The van der Waals surface area contributed by atoms with Crippen LogP contribution >= 0.6 is 11.8 Å². The molecule has 1 saturated carbocycles. The van der Waals surface area contributed by atoms with E-state index in [-0.39, 0.29) is 24.2 Å². The van der Waals surface area contributed by atoms with Gasteiger partial charge in [0.25, 0.3) is 5.91 Å². The highest BCUT2D eigenvalue weighted by Gasteiger charge is 2.15. The molecule has 1 aromatic carbocycles. The molecule has 0 saturated heterocycles. The van der Waals surface area contributed by atoms with E-state index in [2.05, 4.69) is 5.32 Å². The minimum Gasteiger partial charge on any atom is -0.455 e. The summed E-state index contributed by atoms with van der Waals surface area (Å²) in [4.78, 5) is 24.5. The van der Waals surface area contributed by atoms with Crippen LogP contribution in [-0.2, 0) is 14.3 Å². The number of aryl methyl sites for hydroxylation is 1. The largest absolute Gasteiger partial charge is 0.455 e. The fraction of sp³-hybridized carbons (Fsp3) is 0.556. The molecule has 1 N–H and O–H groups in total. The zero-order valence-corrected chi connectivity index (χ0v) is 14.5. The van der Waals surface area contributed by atoms with Crippen LogP contribution in [-0.4, -0.2) is 30.8 Å². The number of rotatable bonds is 7. The Morgan fingerprint density at radius 2 is 1.96 bits per heavy atom. The first-order chi connectivity index (χ1) is 11.1. The normalized spacial score (nSPS) is 15.2. The fourth-order valence-electron chi connectivity index (χ4n) is 2.74. The third kappa shape index (κ3) is 6.65. The molecule has 0 aliphatic heterocycles. The SMILES string of the molecule is Cc1ccccc1SCC(=O)OCC(=O)NCC1CCCCC1. The summed E-state index contributed by atoms with van der Waals surface area (Å²) in [6.45, 7) is 2.53. The van der Waals surface area contributed by atoms with E-state index < -0.39 is 0 Å². The topological polar surface area (TPSA) is 55.4 Å². The van der Waals surface area contributed by atoms with Gasteiger partial charge < -0.3 is 10.1 Å². The first-order valence-corrected chi connectivity index (χ1v) is 9.24. The molecule has 2 rings (SSSR count). The average molecular weight is 335 g/mol. The van der Waals surface area contributed by atoms with E-state index in [0.717, 1.165) is 10.5 Å². The molecule has 1 aliphatic rings. The lowest BCUT2D eigenvalue weighted by Crippen LogP contribution is -2.33. The summed E-state index contributed by atoms with van der Waals surface area (Å²) in [6.07, 6.45) is 6.19. The first-order valence-electron chi connectivity index (χ1n) is 8.26. The molecule has 0 radical (unpaired) electrons. The summed E-state index contributed by atoms with van der Waals surface area (Å²) in [5.74, 6) is 0.247. The van der Waals surface area contributed by atoms with Crippen molar-refractivity contribution in [3.8, 4) is 0 Å². The molecule has 0 aromatic heterocycles. The molecule has 23 heavy (non-hydrogen) atoms. The Hall–Kier alpha value is -1.49. The van der Waals surface area contributed by atoms with Gasteiger partial charge in [0.1, 0.15) is 0 Å². The van der Waals surface area contributed by atoms with Gasteiger partial charge in [0, 0.05) is 11.4 Å². The Kier molecular flexibility index (Phi) is 7.46. The Morgan fingerprint density at radius 3 is 2.70 bits per heavy atom. The molecule has 0 atom stereocenters. The van der Waals surface area contributed by atoms with Crippen LogP contribution in [0.15, 0.2) is 29.2 Å². The molecule has 5 heteroatoms. The standard InChI is InChI=1S/C18H25NO3S/c1-14-7-5-6-10-16(14)23-13-18(21)22-12-17(20)19-11-15-8-3-2-4-9-15/h5-7,10,15H,2-4,8-9,11-13H2,1H3,(H,19,20). The van der Waals surface area contributed by atoms with Crippen molar-refractivity contribution in [2.75, 3.05) is 18.9 Å². The number of carbonyl (C=O) groups is 2. The van der Waals surface area contributed by atoms with E-state index in [1.807, 2.05) is 31.2 Å². The van der Waals surface area contributed by atoms with Crippen molar-refractivity contribution in [2.45, 2.75) is 43.9 Å². The molecule has 0 heterocycles. The van der Waals surface area contributed by atoms with Crippen LogP contribution in [0.3, 0.4) is 0 Å². The third-order valence-electron chi connectivity index (χ3n) is 4.12. The smallest absolute Gasteiger partial charge is 0.316 e. The highest BCUT2D eigenvalue weighted by molar-refractivity contribution is 8.00. The van der Waals surface area contributed by atoms with Gasteiger partial charge in [-0.05, 0) is 37.3 Å². The molecule has 0 unspecified atom stereocenters. The summed E-state index contributed by atoms with van der Waals surface area (Å²) in [7, 11) is 0. The van der Waals surface area contributed by atoms with Crippen molar-refractivity contribution < 1.29 is 14.3 Å². The van der Waals surface area contributed by atoms with Gasteiger partial charge in [0.15, 0.2) is 6.61 Å². The lowest BCUT2D eigenvalue weighted by molar-refractivity contribution is -0.146. The third-order valence-corrected chi connectivity index (χ3v) is 5.27. The number of hydrogen-bond donors (Lipinski definition) is 1. The molecule has 1 amide bonds. The molecule has 0 spiro atoms. The van der Waals surface area contributed by atoms with Crippen molar-refractivity contribution in [2.24, 2.45) is 5.92 Å². The maximum Gasteiger partial charge on any atom is 0.316 e. The van der Waals surface area contributed by atoms with E-state index in [0.29, 0.717) is 12.5 Å². The number of ether oxygens (including phenoxy) is 1. The maximum atomic E-state index is 11.7. The van der Waals surface area contributed by atoms with Crippen LogP contribution in [0.5, 0.6) is 0 Å². The minimum atomic E-state index is -0.355. The number of thioether (sulfide) groups is 1. The number of carbonyl (C=O) groups excluding carboxylic acids is 2. The first kappa shape index (κ1) is 17.9. The van der Waals surface area contributed by atoms with Crippen LogP contribution in [0.4, 0.5) is 0 Å². The highest BCUT2D eigenvalue weighted by atomic mass is 32.2. The number of nitrogens with one attached hydrogen (secondary N) is 1. The van der Waals surface area contributed by atoms with Gasteiger partial charge in [-0.3, -0.25) is 9.59 Å². The molecule has 0 bridgehead atoms. The maximum absolute atomic E-state index is 11.7. The highest BCUT2D eigenvalue weighted by Crippen LogP contribution is 2.23. The number of hydrogen-bond acceptors (Lipinski definition) is 4. The molecular weight excluding hydrogens is 310 g/mol. The van der Waals surface area contributed by atoms with Crippen LogP contribution in [0.25, 0.3) is 0 Å². The Bertz CT molecular complexity index is 527. The Labute approximate surface area is 142 Å². The lowest BCUT2D eigenvalue weighted by Gasteiger charge is -2.21. The van der Waals surface area contributed by atoms with Crippen molar-refractivity contribution in [3.05, 3.63) is 29.8 Å². The average Bonchev–Trinajstić information content (AvgIpc) is 2.58. The molecule has 1 fully saturated rings. The summed E-state index contributed by atoms with van der Waals surface area (Å²) in [5.41, 5.74) is 1.13. The monoisotopic (exact) mass is 335 g/mol. The quantitative estimate of drug-likeness (QED) is 0.613. The predicted molar refractivity (Wildman–Crippen MR) is 92.4 cm³/mol. The van der Waals surface area contributed by atoms with E-state index in [1.54, 1.807) is 0 Å². The summed E-state index contributed by atoms with van der Waals surface area (Å²) < 4.78 is 5.03. The summed E-state index contributed by atoms with van der Waals surface area (Å²) >= 11 is 1.44. The lowest BCUT2D eigenvalue weighted by atomic mass is 9.89. The van der Waals surface area contributed by atoms with E-state index in [9.17, 15) is 9.59 Å². The Balaban J connectivity index is 1.60. The Morgan fingerprint density at radius 1 is 1.22 bits per heavy atom. The fourth-order valence-corrected chi connectivity index (χ4v) is 3.57. The van der Waals surface area contributed by atoms with Crippen molar-refractivity contribution in [1.29, 1.82) is 0 Å². The van der Waals surface area contributed by atoms with Gasteiger partial charge in [-0.15, -0.1) is 11.8 Å². The van der Waals surface area contributed by atoms with Crippen LogP contribution in [0.1, 0.15) is 37.7 Å². The van der Waals surface area contributed by atoms with Crippen LogP contribution in [0, 0.1) is 12.8 Å². The summed E-state index contributed by atoms with van der Waals surface area (Å²) in [5, 5.41) is 2.87. The second-order valence-electron chi connectivity index (χ2n) is 6.02. The zero-order chi connectivity index (χ0) is 16.5. The van der Waals surface area contributed by atoms with Crippen molar-refractivity contribution >= 4 is 23.6 Å². The molecule has 1 aromatic rings. The van der Waals surface area contributed by atoms with E-state index >= 15 is 0 Å². The van der Waals surface area contributed by atoms with Gasteiger partial charge in [0.2, 0.25) is 0 Å². The zero-order valence-electron chi connectivity index (χ0n) is 13.7. The van der Waals surface area contributed by atoms with E-state index in [1.165, 1.54) is 43.9 Å². The van der Waals surface area contributed by atoms with Gasteiger partial charge in [-0.2, -0.15) is 0 Å². The van der Waals surface area contributed by atoms with Crippen LogP contribution < -0.4 is 5.32 Å². The molecule has 4 nitrogen and oxygen atoms in total. The van der Waals surface area contributed by atoms with Crippen molar-refractivity contribution in [3.63, 3.8) is 0 Å². The minimum absolute atomic E-state index is 0.181. The second kappa shape index (κ2) is 9.60. The van der Waals surface area contributed by atoms with Gasteiger partial charge in [-0.25, -0.2) is 0 Å². The summed E-state index contributed by atoms with van der Waals surface area (Å²) in [6, 6.07) is 7.89. The van der Waals surface area contributed by atoms with E-state index in [4.69, 9.17) is 4.74 Å². The number of esters is 1. The molecule has 1 aliphatic carbocycles. The predicted octanol–water partition coefficient (Wildman–Crippen LogP) is 3.33. The second-order valence-corrected chi connectivity index (χ2v) is 7.04. The van der Waals surface area contributed by atoms with Crippen molar-refractivity contribution in [1.82, 2.24) is 5.32 Å². The molecule has 126 valence electrons. The van der Waals surface area contributed by atoms with Crippen LogP contribution in [0.2, 0.25) is 0 Å². The van der Waals surface area contributed by atoms with Gasteiger partial charge >= 0.3 is 5.97 Å². The number of amides is 1.